The molecule has 0 spiro atoms. The summed E-state index contributed by atoms with van der Waals surface area (Å²) in [6, 6.07) is 13.7. The minimum Gasteiger partial charge on any atom is -0.287 e. The van der Waals surface area contributed by atoms with Crippen LogP contribution >= 0.6 is 23.4 Å². The standard InChI is InChI=1S/C23H22ClFN4OS/c1-15-12-16(2)29(27-15)11-5-10-28-22(30)19-6-3-4-7-21(19)26-23(28)31-14-17-8-9-18(25)13-20(17)24/h3-4,6-9,12-13H,5,10-11,14H2,1-2H3. The molecule has 0 bridgehead atoms. The zero-order valence-corrected chi connectivity index (χ0v) is 18.9. The molecule has 0 saturated heterocycles. The number of aryl methyl sites for hydroxylation is 3. The molecule has 8 heteroatoms. The summed E-state index contributed by atoms with van der Waals surface area (Å²) in [4.78, 5) is 17.9. The number of hydrogen-bond acceptors (Lipinski definition) is 4. The monoisotopic (exact) mass is 456 g/mol. The van der Waals surface area contributed by atoms with Crippen LogP contribution in [-0.2, 0) is 18.8 Å². The Labute approximate surface area is 188 Å². The van der Waals surface area contributed by atoms with Crippen molar-refractivity contribution in [3.8, 4) is 0 Å². The van der Waals surface area contributed by atoms with Crippen LogP contribution in [0, 0.1) is 19.7 Å². The topological polar surface area (TPSA) is 52.7 Å². The van der Waals surface area contributed by atoms with Crippen molar-refractivity contribution < 1.29 is 4.39 Å². The molecule has 2 heterocycles. The van der Waals surface area contributed by atoms with E-state index in [1.165, 1.54) is 23.9 Å². The van der Waals surface area contributed by atoms with E-state index in [0.29, 0.717) is 39.9 Å². The number of rotatable bonds is 7. The fourth-order valence-corrected chi connectivity index (χ4v) is 4.86. The van der Waals surface area contributed by atoms with Crippen molar-refractivity contribution in [1.82, 2.24) is 19.3 Å². The highest BCUT2D eigenvalue weighted by atomic mass is 35.5. The summed E-state index contributed by atoms with van der Waals surface area (Å²) in [6.07, 6.45) is 0.743. The third kappa shape index (κ3) is 4.83. The summed E-state index contributed by atoms with van der Waals surface area (Å²) in [7, 11) is 0. The summed E-state index contributed by atoms with van der Waals surface area (Å²) >= 11 is 7.60. The minimum absolute atomic E-state index is 0.0633. The summed E-state index contributed by atoms with van der Waals surface area (Å²) < 4.78 is 17.0. The number of thioether (sulfide) groups is 1. The zero-order chi connectivity index (χ0) is 22.0. The van der Waals surface area contributed by atoms with Gasteiger partial charge in [-0.2, -0.15) is 5.10 Å². The Morgan fingerprint density at radius 2 is 1.90 bits per heavy atom. The molecule has 2 aromatic carbocycles. The third-order valence-electron chi connectivity index (χ3n) is 5.05. The van der Waals surface area contributed by atoms with E-state index in [2.05, 4.69) is 5.10 Å². The average Bonchev–Trinajstić information content (AvgIpc) is 3.06. The fourth-order valence-electron chi connectivity index (χ4n) is 3.52. The molecule has 4 rings (SSSR count). The Bertz CT molecular complexity index is 1300. The molecule has 0 aliphatic carbocycles. The van der Waals surface area contributed by atoms with Crippen molar-refractivity contribution in [2.45, 2.75) is 44.3 Å². The largest absolute Gasteiger partial charge is 0.287 e. The van der Waals surface area contributed by atoms with Crippen molar-refractivity contribution in [2.75, 3.05) is 0 Å². The van der Waals surface area contributed by atoms with Crippen LogP contribution in [0.3, 0.4) is 0 Å². The van der Waals surface area contributed by atoms with Gasteiger partial charge in [0.15, 0.2) is 5.16 Å². The van der Waals surface area contributed by atoms with E-state index in [4.69, 9.17) is 16.6 Å². The maximum Gasteiger partial charge on any atom is 0.262 e. The smallest absolute Gasteiger partial charge is 0.262 e. The first kappa shape index (κ1) is 21.6. The van der Waals surface area contributed by atoms with Crippen molar-refractivity contribution >= 4 is 34.3 Å². The lowest BCUT2D eigenvalue weighted by Crippen LogP contribution is -2.24. The van der Waals surface area contributed by atoms with Gasteiger partial charge in [-0.25, -0.2) is 9.37 Å². The summed E-state index contributed by atoms with van der Waals surface area (Å²) in [5.74, 6) is 0.116. The van der Waals surface area contributed by atoms with Crippen molar-refractivity contribution in [2.24, 2.45) is 0 Å². The molecule has 0 aliphatic heterocycles. The predicted molar refractivity (Wildman–Crippen MR) is 123 cm³/mol. The first-order valence-corrected chi connectivity index (χ1v) is 11.4. The van der Waals surface area contributed by atoms with Gasteiger partial charge in [0.2, 0.25) is 0 Å². The maximum atomic E-state index is 13.4. The van der Waals surface area contributed by atoms with Gasteiger partial charge in [-0.1, -0.05) is 41.6 Å². The van der Waals surface area contributed by atoms with Gasteiger partial charge in [-0.05, 0) is 56.2 Å². The van der Waals surface area contributed by atoms with Gasteiger partial charge in [0.25, 0.3) is 5.56 Å². The van der Waals surface area contributed by atoms with Crippen molar-refractivity contribution in [3.05, 3.63) is 86.7 Å². The van der Waals surface area contributed by atoms with Crippen molar-refractivity contribution in [3.63, 3.8) is 0 Å². The van der Waals surface area contributed by atoms with E-state index in [1.807, 2.05) is 42.8 Å². The van der Waals surface area contributed by atoms with Gasteiger partial charge in [0.1, 0.15) is 5.82 Å². The van der Waals surface area contributed by atoms with Crippen LogP contribution in [0.2, 0.25) is 5.02 Å². The molecule has 0 radical (unpaired) electrons. The van der Waals surface area contributed by atoms with Gasteiger partial charge in [0.05, 0.1) is 16.6 Å². The number of para-hydroxylation sites is 1. The quantitative estimate of drug-likeness (QED) is 0.276. The van der Waals surface area contributed by atoms with Gasteiger partial charge >= 0.3 is 0 Å². The van der Waals surface area contributed by atoms with Crippen LogP contribution < -0.4 is 5.56 Å². The van der Waals surface area contributed by atoms with E-state index in [0.717, 1.165) is 23.4 Å². The maximum absolute atomic E-state index is 13.4. The van der Waals surface area contributed by atoms with Crippen LogP contribution in [-0.4, -0.2) is 19.3 Å². The molecule has 0 N–H and O–H groups in total. The Morgan fingerprint density at radius 3 is 2.65 bits per heavy atom. The summed E-state index contributed by atoms with van der Waals surface area (Å²) in [6.45, 7) is 5.23. The highest BCUT2D eigenvalue weighted by Crippen LogP contribution is 2.27. The fraction of sp³-hybridized carbons (Fsp3) is 0.261. The Balaban J connectivity index is 1.61. The zero-order valence-electron chi connectivity index (χ0n) is 17.3. The second-order valence-electron chi connectivity index (χ2n) is 7.40. The molecule has 0 saturated carbocycles. The van der Waals surface area contributed by atoms with Crippen LogP contribution in [0.4, 0.5) is 4.39 Å². The minimum atomic E-state index is -0.372. The Hall–Kier alpha value is -2.64. The van der Waals surface area contributed by atoms with Gasteiger partial charge < -0.3 is 0 Å². The first-order chi connectivity index (χ1) is 14.9. The van der Waals surface area contributed by atoms with Gasteiger partial charge in [0, 0.05) is 29.6 Å². The van der Waals surface area contributed by atoms with E-state index < -0.39 is 0 Å². The molecule has 0 atom stereocenters. The first-order valence-electron chi connectivity index (χ1n) is 10.00. The van der Waals surface area contributed by atoms with Crippen molar-refractivity contribution in [1.29, 1.82) is 0 Å². The summed E-state index contributed by atoms with van der Waals surface area (Å²) in [5.41, 5.74) is 3.47. The molecule has 4 aromatic rings. The number of fused-ring (bicyclic) bond motifs is 1. The van der Waals surface area contributed by atoms with E-state index in [-0.39, 0.29) is 11.4 Å². The molecule has 0 fully saturated rings. The normalized spacial score (nSPS) is 11.4. The molecule has 5 nitrogen and oxygen atoms in total. The number of hydrogen-bond donors (Lipinski definition) is 0. The number of benzene rings is 2. The van der Waals surface area contributed by atoms with Crippen LogP contribution in [0.25, 0.3) is 10.9 Å². The Morgan fingerprint density at radius 1 is 1.10 bits per heavy atom. The predicted octanol–water partition coefficient (Wildman–Crippen LogP) is 5.38. The molecule has 0 aliphatic rings. The lowest BCUT2D eigenvalue weighted by atomic mass is 10.2. The lowest BCUT2D eigenvalue weighted by Gasteiger charge is -2.14. The Kier molecular flexibility index (Phi) is 6.43. The molecular formula is C23H22ClFN4OS. The third-order valence-corrected chi connectivity index (χ3v) is 6.43. The molecular weight excluding hydrogens is 435 g/mol. The lowest BCUT2D eigenvalue weighted by molar-refractivity contribution is 0.487. The second-order valence-corrected chi connectivity index (χ2v) is 8.75. The second kappa shape index (κ2) is 9.24. The van der Waals surface area contributed by atoms with E-state index in [9.17, 15) is 9.18 Å². The van der Waals surface area contributed by atoms with E-state index >= 15 is 0 Å². The molecule has 0 amide bonds. The number of aromatic nitrogens is 4. The van der Waals surface area contributed by atoms with Crippen LogP contribution in [0.1, 0.15) is 23.4 Å². The van der Waals surface area contributed by atoms with Gasteiger partial charge in [-0.15, -0.1) is 0 Å². The molecule has 0 unspecified atom stereocenters. The number of halogens is 2. The SMILES string of the molecule is Cc1cc(C)n(CCCn2c(SCc3ccc(F)cc3Cl)nc3ccccc3c2=O)n1. The highest BCUT2D eigenvalue weighted by molar-refractivity contribution is 7.98. The molecule has 2 aromatic heterocycles. The van der Waals surface area contributed by atoms with E-state index in [1.54, 1.807) is 16.7 Å². The van der Waals surface area contributed by atoms with Crippen LogP contribution in [0.5, 0.6) is 0 Å². The molecule has 160 valence electrons. The number of nitrogens with zero attached hydrogens (tertiary/aromatic N) is 4. The summed E-state index contributed by atoms with van der Waals surface area (Å²) in [5, 5.41) is 6.08. The van der Waals surface area contributed by atoms with Crippen LogP contribution in [0.15, 0.2) is 58.5 Å². The van der Waals surface area contributed by atoms with Gasteiger partial charge in [-0.3, -0.25) is 14.0 Å². The average molecular weight is 457 g/mol. The molecule has 31 heavy (non-hydrogen) atoms. The highest BCUT2D eigenvalue weighted by Gasteiger charge is 2.13.